The Labute approximate surface area is 97.8 Å². The third kappa shape index (κ3) is 4.15. The topological polar surface area (TPSA) is 20.3 Å². The first kappa shape index (κ1) is 13.0. The van der Waals surface area contributed by atoms with Crippen LogP contribution in [0.5, 0.6) is 0 Å². The molecular formula is C12H23NOS. The van der Waals surface area contributed by atoms with Crippen molar-refractivity contribution in [3.8, 4) is 0 Å². The minimum atomic E-state index is -0.188. The maximum atomic E-state index is 11.9. The summed E-state index contributed by atoms with van der Waals surface area (Å²) in [5, 5.41) is 0.728. The zero-order chi connectivity index (χ0) is 11.5. The van der Waals surface area contributed by atoms with Crippen LogP contribution in [0.25, 0.3) is 0 Å². The number of hydrogen-bond acceptors (Lipinski definition) is 3. The lowest BCUT2D eigenvalue weighted by atomic mass is 9.90. The summed E-state index contributed by atoms with van der Waals surface area (Å²) >= 11 is 2.05. The van der Waals surface area contributed by atoms with E-state index in [9.17, 15) is 4.79 Å². The van der Waals surface area contributed by atoms with Gasteiger partial charge in [0.1, 0.15) is 0 Å². The molecule has 1 aliphatic heterocycles. The predicted octanol–water partition coefficient (Wildman–Crippen LogP) is 2.43. The van der Waals surface area contributed by atoms with E-state index in [1.54, 1.807) is 0 Å². The number of nitrogens with zero attached hydrogens (tertiary/aromatic N) is 1. The number of carbonyl (C=O) groups excluding carboxylic acids is 1. The van der Waals surface area contributed by atoms with Crippen LogP contribution in [0.15, 0.2) is 0 Å². The van der Waals surface area contributed by atoms with Crippen molar-refractivity contribution in [3.05, 3.63) is 0 Å². The Hall–Kier alpha value is -0.0200. The quantitative estimate of drug-likeness (QED) is 0.741. The average Bonchev–Trinajstić information content (AvgIpc) is 2.16. The third-order valence-electron chi connectivity index (χ3n) is 2.88. The average molecular weight is 229 g/mol. The second-order valence-corrected chi connectivity index (χ2v) is 6.72. The van der Waals surface area contributed by atoms with Gasteiger partial charge in [0.25, 0.3) is 0 Å². The van der Waals surface area contributed by atoms with Crippen LogP contribution >= 0.6 is 11.8 Å². The van der Waals surface area contributed by atoms with Crippen LogP contribution in [0.2, 0.25) is 0 Å². The molecule has 0 aromatic heterocycles. The van der Waals surface area contributed by atoms with Gasteiger partial charge in [-0.2, -0.15) is 11.8 Å². The summed E-state index contributed by atoms with van der Waals surface area (Å²) in [5.41, 5.74) is -0.188. The third-order valence-corrected chi connectivity index (χ3v) is 4.25. The first-order chi connectivity index (χ1) is 6.93. The predicted molar refractivity (Wildman–Crippen MR) is 67.4 cm³/mol. The molecule has 1 atom stereocenters. The van der Waals surface area contributed by atoms with Gasteiger partial charge in [-0.1, -0.05) is 27.7 Å². The van der Waals surface area contributed by atoms with E-state index in [1.165, 1.54) is 12.2 Å². The van der Waals surface area contributed by atoms with Crippen LogP contribution in [0.3, 0.4) is 0 Å². The number of hydrogen-bond donors (Lipinski definition) is 0. The molecule has 2 nitrogen and oxygen atoms in total. The lowest BCUT2D eigenvalue weighted by Gasteiger charge is -2.32. The Balaban J connectivity index is 2.41. The molecule has 1 fully saturated rings. The maximum Gasteiger partial charge on any atom is 0.152 e. The lowest BCUT2D eigenvalue weighted by molar-refractivity contribution is -0.127. The number of thioether (sulfide) groups is 1. The van der Waals surface area contributed by atoms with Gasteiger partial charge >= 0.3 is 0 Å². The normalized spacial score (nSPS) is 24.1. The van der Waals surface area contributed by atoms with Gasteiger partial charge in [0.15, 0.2) is 5.78 Å². The number of carbonyl (C=O) groups is 1. The van der Waals surface area contributed by atoms with Crippen molar-refractivity contribution >= 4 is 17.5 Å². The van der Waals surface area contributed by atoms with E-state index >= 15 is 0 Å². The van der Waals surface area contributed by atoms with Crippen molar-refractivity contribution in [2.75, 3.05) is 25.4 Å². The summed E-state index contributed by atoms with van der Waals surface area (Å²) in [6.45, 7) is 11.0. The molecule has 15 heavy (non-hydrogen) atoms. The van der Waals surface area contributed by atoms with Gasteiger partial charge in [-0.25, -0.2) is 0 Å². The highest BCUT2D eigenvalue weighted by molar-refractivity contribution is 8.00. The summed E-state index contributed by atoms with van der Waals surface area (Å²) in [6, 6.07) is 0. The fourth-order valence-corrected chi connectivity index (χ4v) is 2.86. The Morgan fingerprint density at radius 1 is 1.47 bits per heavy atom. The van der Waals surface area contributed by atoms with E-state index in [0.717, 1.165) is 18.3 Å². The summed E-state index contributed by atoms with van der Waals surface area (Å²) < 4.78 is 0. The van der Waals surface area contributed by atoms with Gasteiger partial charge in [0, 0.05) is 29.5 Å². The maximum absolute atomic E-state index is 11.9. The summed E-state index contributed by atoms with van der Waals surface area (Å²) in [5.74, 6) is 1.54. The first-order valence-corrected chi connectivity index (χ1v) is 6.85. The molecule has 3 heteroatoms. The minimum Gasteiger partial charge on any atom is -0.298 e. The van der Waals surface area contributed by atoms with Crippen molar-refractivity contribution in [1.82, 2.24) is 4.90 Å². The molecule has 1 unspecified atom stereocenters. The Bertz CT molecular complexity index is 222. The van der Waals surface area contributed by atoms with E-state index in [1.807, 2.05) is 32.5 Å². The molecule has 0 amide bonds. The molecule has 0 aliphatic carbocycles. The Kier molecular flexibility index (Phi) is 4.65. The molecule has 1 rings (SSSR count). The number of Topliss-reactive ketones (excluding diaryl/α,β-unsaturated/α-hetero) is 1. The molecule has 1 saturated heterocycles. The molecule has 0 aromatic rings. The largest absolute Gasteiger partial charge is 0.298 e. The van der Waals surface area contributed by atoms with E-state index in [4.69, 9.17) is 0 Å². The van der Waals surface area contributed by atoms with Crippen LogP contribution < -0.4 is 0 Å². The van der Waals surface area contributed by atoms with Crippen LogP contribution in [-0.4, -0.2) is 41.3 Å². The zero-order valence-corrected chi connectivity index (χ0v) is 11.2. The molecule has 1 aliphatic rings. The van der Waals surface area contributed by atoms with E-state index in [-0.39, 0.29) is 5.41 Å². The Morgan fingerprint density at radius 2 is 2.13 bits per heavy atom. The minimum absolute atomic E-state index is 0.188. The van der Waals surface area contributed by atoms with Crippen LogP contribution in [0, 0.1) is 5.41 Å². The van der Waals surface area contributed by atoms with Gasteiger partial charge in [0.05, 0.1) is 6.54 Å². The molecule has 0 spiro atoms. The molecule has 0 bridgehead atoms. The zero-order valence-electron chi connectivity index (χ0n) is 10.4. The SMILES string of the molecule is CCC1CN(CC(=O)C(C)(C)C)CCS1. The highest BCUT2D eigenvalue weighted by Gasteiger charge is 2.26. The van der Waals surface area contributed by atoms with Crippen molar-refractivity contribution in [2.24, 2.45) is 5.41 Å². The molecule has 0 aromatic carbocycles. The van der Waals surface area contributed by atoms with Gasteiger partial charge in [-0.3, -0.25) is 9.69 Å². The fraction of sp³-hybridized carbons (Fsp3) is 0.917. The molecule has 88 valence electrons. The van der Waals surface area contributed by atoms with Gasteiger partial charge in [0.2, 0.25) is 0 Å². The monoisotopic (exact) mass is 229 g/mol. The van der Waals surface area contributed by atoms with Gasteiger partial charge in [-0.05, 0) is 6.42 Å². The van der Waals surface area contributed by atoms with E-state index in [2.05, 4.69) is 11.8 Å². The lowest BCUT2D eigenvalue weighted by Crippen LogP contribution is -2.43. The molecule has 1 heterocycles. The summed E-state index contributed by atoms with van der Waals surface area (Å²) in [7, 11) is 0. The highest BCUT2D eigenvalue weighted by Crippen LogP contribution is 2.22. The number of rotatable bonds is 3. The van der Waals surface area contributed by atoms with E-state index in [0.29, 0.717) is 12.3 Å². The summed E-state index contributed by atoms with van der Waals surface area (Å²) in [6.07, 6.45) is 1.21. The van der Waals surface area contributed by atoms with Crippen molar-refractivity contribution in [2.45, 2.75) is 39.4 Å². The second-order valence-electron chi connectivity index (χ2n) is 5.31. The van der Waals surface area contributed by atoms with Crippen LogP contribution in [0.1, 0.15) is 34.1 Å². The second kappa shape index (κ2) is 5.35. The summed E-state index contributed by atoms with van der Waals surface area (Å²) in [4.78, 5) is 14.2. The van der Waals surface area contributed by atoms with E-state index < -0.39 is 0 Å². The number of ketones is 1. The highest BCUT2D eigenvalue weighted by atomic mass is 32.2. The molecular weight excluding hydrogens is 206 g/mol. The first-order valence-electron chi connectivity index (χ1n) is 5.80. The Morgan fingerprint density at radius 3 is 2.67 bits per heavy atom. The smallest absolute Gasteiger partial charge is 0.152 e. The van der Waals surface area contributed by atoms with Crippen molar-refractivity contribution in [1.29, 1.82) is 0 Å². The van der Waals surface area contributed by atoms with Gasteiger partial charge < -0.3 is 0 Å². The molecule has 0 N–H and O–H groups in total. The van der Waals surface area contributed by atoms with Crippen molar-refractivity contribution < 1.29 is 4.79 Å². The standard InChI is InChI=1S/C12H23NOS/c1-5-10-8-13(6-7-15-10)9-11(14)12(2,3)4/h10H,5-9H2,1-4H3. The van der Waals surface area contributed by atoms with Crippen molar-refractivity contribution in [3.63, 3.8) is 0 Å². The molecule has 0 saturated carbocycles. The van der Waals surface area contributed by atoms with Crippen LogP contribution in [-0.2, 0) is 4.79 Å². The van der Waals surface area contributed by atoms with Gasteiger partial charge in [-0.15, -0.1) is 0 Å². The molecule has 0 radical (unpaired) electrons. The fourth-order valence-electron chi connectivity index (χ4n) is 1.61. The van der Waals surface area contributed by atoms with Crippen LogP contribution in [0.4, 0.5) is 0 Å².